The summed E-state index contributed by atoms with van der Waals surface area (Å²) in [5.74, 6) is 0. The monoisotopic (exact) mass is 292 g/mol. The van der Waals surface area contributed by atoms with Gasteiger partial charge in [-0.2, -0.15) is 0 Å². The molecule has 1 aliphatic rings. The third-order valence-electron chi connectivity index (χ3n) is 3.52. The molecule has 2 nitrogen and oxygen atoms in total. The van der Waals surface area contributed by atoms with Gasteiger partial charge in [-0.1, -0.05) is 29.8 Å². The maximum Gasteiger partial charge on any atom is 0.0696 e. The molecular formula is C15H17ClN2S. The van der Waals surface area contributed by atoms with Crippen LogP contribution < -0.4 is 5.32 Å². The van der Waals surface area contributed by atoms with Crippen molar-refractivity contribution in [2.24, 2.45) is 0 Å². The van der Waals surface area contributed by atoms with Gasteiger partial charge in [-0.15, -0.1) is 11.3 Å². The van der Waals surface area contributed by atoms with Gasteiger partial charge in [-0.05, 0) is 29.1 Å². The second kappa shape index (κ2) is 6.06. The molecule has 1 aromatic carbocycles. The Morgan fingerprint density at radius 1 is 1.11 bits per heavy atom. The molecule has 1 atom stereocenters. The van der Waals surface area contributed by atoms with E-state index in [1.165, 1.54) is 10.4 Å². The van der Waals surface area contributed by atoms with E-state index in [2.05, 4.69) is 39.9 Å². The molecule has 1 unspecified atom stereocenters. The summed E-state index contributed by atoms with van der Waals surface area (Å²) in [7, 11) is 0. The summed E-state index contributed by atoms with van der Waals surface area (Å²) < 4.78 is 0. The van der Waals surface area contributed by atoms with Crippen molar-refractivity contribution < 1.29 is 0 Å². The van der Waals surface area contributed by atoms with Crippen LogP contribution in [0.2, 0.25) is 5.02 Å². The first-order valence-corrected chi connectivity index (χ1v) is 7.84. The zero-order valence-corrected chi connectivity index (χ0v) is 12.3. The highest BCUT2D eigenvalue weighted by Gasteiger charge is 2.24. The summed E-state index contributed by atoms with van der Waals surface area (Å²) in [5.41, 5.74) is 1.33. The van der Waals surface area contributed by atoms with Crippen molar-refractivity contribution in [1.82, 2.24) is 10.2 Å². The molecule has 1 fully saturated rings. The van der Waals surface area contributed by atoms with Crippen molar-refractivity contribution >= 4 is 22.9 Å². The fraction of sp³-hybridized carbons (Fsp3) is 0.333. The van der Waals surface area contributed by atoms with Crippen LogP contribution in [0.15, 0.2) is 41.8 Å². The lowest BCUT2D eigenvalue weighted by atomic mass is 10.0. The lowest BCUT2D eigenvalue weighted by Gasteiger charge is -2.34. The Labute approximate surface area is 123 Å². The lowest BCUT2D eigenvalue weighted by molar-refractivity contribution is 0.200. The van der Waals surface area contributed by atoms with E-state index < -0.39 is 0 Å². The quantitative estimate of drug-likeness (QED) is 0.933. The fourth-order valence-electron chi connectivity index (χ4n) is 2.59. The van der Waals surface area contributed by atoms with Gasteiger partial charge in [-0.3, -0.25) is 4.90 Å². The molecule has 0 aliphatic carbocycles. The maximum absolute atomic E-state index is 6.01. The topological polar surface area (TPSA) is 15.3 Å². The Kier molecular flexibility index (Phi) is 4.18. The SMILES string of the molecule is Clc1ccc(C(c2cccs2)N2CCNCC2)cc1. The molecule has 0 spiro atoms. The average Bonchev–Trinajstić information content (AvgIpc) is 2.96. The Balaban J connectivity index is 1.93. The van der Waals surface area contributed by atoms with Crippen LogP contribution in [0.5, 0.6) is 0 Å². The van der Waals surface area contributed by atoms with E-state index in [9.17, 15) is 0 Å². The fourth-order valence-corrected chi connectivity index (χ4v) is 3.60. The standard InChI is InChI=1S/C15H17ClN2S/c16-13-5-3-12(4-6-13)15(14-2-1-11-19-14)18-9-7-17-8-10-18/h1-6,11,15,17H,7-10H2. The third kappa shape index (κ3) is 3.00. The molecule has 4 heteroatoms. The Bertz CT molecular complexity index is 503. The van der Waals surface area contributed by atoms with Crippen LogP contribution in [0.3, 0.4) is 0 Å². The second-order valence-electron chi connectivity index (χ2n) is 4.76. The van der Waals surface area contributed by atoms with Gasteiger partial charge in [0.25, 0.3) is 0 Å². The number of halogens is 1. The van der Waals surface area contributed by atoms with Gasteiger partial charge in [0.15, 0.2) is 0 Å². The van der Waals surface area contributed by atoms with Gasteiger partial charge in [0.2, 0.25) is 0 Å². The van der Waals surface area contributed by atoms with Crippen molar-refractivity contribution in [3.05, 3.63) is 57.2 Å². The summed E-state index contributed by atoms with van der Waals surface area (Å²) in [6.45, 7) is 4.31. The van der Waals surface area contributed by atoms with Crippen LogP contribution in [-0.2, 0) is 0 Å². The second-order valence-corrected chi connectivity index (χ2v) is 6.17. The van der Waals surface area contributed by atoms with Gasteiger partial charge in [0.1, 0.15) is 0 Å². The molecule has 0 saturated carbocycles. The maximum atomic E-state index is 6.01. The molecule has 100 valence electrons. The van der Waals surface area contributed by atoms with Crippen LogP contribution in [0.1, 0.15) is 16.5 Å². The Morgan fingerprint density at radius 2 is 1.84 bits per heavy atom. The summed E-state index contributed by atoms with van der Waals surface area (Å²) in [4.78, 5) is 3.95. The van der Waals surface area contributed by atoms with Crippen molar-refractivity contribution in [2.45, 2.75) is 6.04 Å². The van der Waals surface area contributed by atoms with Gasteiger partial charge >= 0.3 is 0 Å². The van der Waals surface area contributed by atoms with Crippen LogP contribution in [0.4, 0.5) is 0 Å². The number of rotatable bonds is 3. The van der Waals surface area contributed by atoms with E-state index in [-0.39, 0.29) is 0 Å². The van der Waals surface area contributed by atoms with Crippen molar-refractivity contribution in [3.8, 4) is 0 Å². The van der Waals surface area contributed by atoms with Crippen molar-refractivity contribution in [3.63, 3.8) is 0 Å². The highest BCUT2D eigenvalue weighted by Crippen LogP contribution is 2.32. The highest BCUT2D eigenvalue weighted by atomic mass is 35.5. The van der Waals surface area contributed by atoms with Crippen LogP contribution in [-0.4, -0.2) is 31.1 Å². The van der Waals surface area contributed by atoms with E-state index in [0.29, 0.717) is 6.04 Å². The molecule has 1 saturated heterocycles. The minimum Gasteiger partial charge on any atom is -0.314 e. The van der Waals surface area contributed by atoms with Crippen LogP contribution >= 0.6 is 22.9 Å². The number of piperazine rings is 1. The lowest BCUT2D eigenvalue weighted by Crippen LogP contribution is -2.45. The Morgan fingerprint density at radius 3 is 2.47 bits per heavy atom. The number of hydrogen-bond donors (Lipinski definition) is 1. The third-order valence-corrected chi connectivity index (χ3v) is 4.69. The molecule has 2 aromatic rings. The molecule has 1 N–H and O–H groups in total. The van der Waals surface area contributed by atoms with Gasteiger partial charge in [0.05, 0.1) is 6.04 Å². The first-order chi connectivity index (χ1) is 9.34. The van der Waals surface area contributed by atoms with Crippen LogP contribution in [0, 0.1) is 0 Å². The average molecular weight is 293 g/mol. The first-order valence-electron chi connectivity index (χ1n) is 6.58. The predicted octanol–water partition coefficient (Wildman–Crippen LogP) is 3.40. The molecule has 2 heterocycles. The largest absolute Gasteiger partial charge is 0.314 e. The molecule has 0 bridgehead atoms. The molecule has 1 aliphatic heterocycles. The summed E-state index contributed by atoms with van der Waals surface area (Å²) >= 11 is 7.83. The van der Waals surface area contributed by atoms with Crippen molar-refractivity contribution in [2.75, 3.05) is 26.2 Å². The minimum atomic E-state index is 0.361. The first kappa shape index (κ1) is 13.1. The summed E-state index contributed by atoms with van der Waals surface area (Å²) in [6.07, 6.45) is 0. The number of hydrogen-bond acceptors (Lipinski definition) is 3. The number of nitrogens with one attached hydrogen (secondary N) is 1. The van der Waals surface area contributed by atoms with E-state index in [1.54, 1.807) is 0 Å². The van der Waals surface area contributed by atoms with E-state index >= 15 is 0 Å². The summed E-state index contributed by atoms with van der Waals surface area (Å²) in [6, 6.07) is 13.0. The summed E-state index contributed by atoms with van der Waals surface area (Å²) in [5, 5.41) is 6.37. The highest BCUT2D eigenvalue weighted by molar-refractivity contribution is 7.10. The number of thiophene rings is 1. The zero-order valence-electron chi connectivity index (χ0n) is 10.7. The van der Waals surface area contributed by atoms with E-state index in [4.69, 9.17) is 11.6 Å². The van der Waals surface area contributed by atoms with Crippen molar-refractivity contribution in [1.29, 1.82) is 0 Å². The van der Waals surface area contributed by atoms with Gasteiger partial charge in [-0.25, -0.2) is 0 Å². The Hall–Kier alpha value is -0.870. The molecule has 1 aromatic heterocycles. The molecule has 3 rings (SSSR count). The number of benzene rings is 1. The number of nitrogens with zero attached hydrogens (tertiary/aromatic N) is 1. The zero-order chi connectivity index (χ0) is 13.1. The molecular weight excluding hydrogens is 276 g/mol. The molecule has 0 amide bonds. The predicted molar refractivity (Wildman–Crippen MR) is 82.1 cm³/mol. The molecule has 19 heavy (non-hydrogen) atoms. The van der Waals surface area contributed by atoms with E-state index in [0.717, 1.165) is 31.2 Å². The van der Waals surface area contributed by atoms with Gasteiger partial charge < -0.3 is 5.32 Å². The smallest absolute Gasteiger partial charge is 0.0696 e. The van der Waals surface area contributed by atoms with Gasteiger partial charge in [0, 0.05) is 36.1 Å². The van der Waals surface area contributed by atoms with E-state index in [1.807, 2.05) is 23.5 Å². The van der Waals surface area contributed by atoms with Crippen LogP contribution in [0.25, 0.3) is 0 Å². The normalized spacial score (nSPS) is 18.4. The molecule has 0 radical (unpaired) electrons. The minimum absolute atomic E-state index is 0.361.